The largest absolute Gasteiger partial charge is 0.465 e. The Morgan fingerprint density at radius 3 is 2.21 bits per heavy atom. The second-order valence-electron chi connectivity index (χ2n) is 6.40. The van der Waals surface area contributed by atoms with Crippen molar-refractivity contribution in [2.24, 2.45) is 0 Å². The van der Waals surface area contributed by atoms with Gasteiger partial charge >= 0.3 is 6.09 Å². The van der Waals surface area contributed by atoms with E-state index in [4.69, 9.17) is 5.26 Å². The van der Waals surface area contributed by atoms with Crippen molar-refractivity contribution in [3.05, 3.63) is 65.5 Å². The predicted octanol–water partition coefficient (Wildman–Crippen LogP) is 4.14. The molecular weight excluding hydrogens is 383 g/mol. The molecule has 0 bridgehead atoms. The van der Waals surface area contributed by atoms with E-state index < -0.39 is 33.0 Å². The monoisotopic (exact) mass is 404 g/mol. The first-order chi connectivity index (χ1) is 13.2. The minimum absolute atomic E-state index is 0.210. The van der Waals surface area contributed by atoms with Gasteiger partial charge in [-0.1, -0.05) is 19.1 Å². The second-order valence-corrected chi connectivity index (χ2v) is 8.76. The lowest BCUT2D eigenvalue weighted by Crippen LogP contribution is -2.44. The fraction of sp³-hybridized carbons (Fsp3) is 0.300. The van der Waals surface area contributed by atoms with Crippen LogP contribution in [0.15, 0.2) is 48.5 Å². The van der Waals surface area contributed by atoms with Crippen molar-refractivity contribution in [1.82, 2.24) is 0 Å². The van der Waals surface area contributed by atoms with Crippen LogP contribution in [-0.2, 0) is 9.84 Å². The average molecular weight is 404 g/mol. The summed E-state index contributed by atoms with van der Waals surface area (Å²) in [5.74, 6) is -0.891. The number of anilines is 1. The van der Waals surface area contributed by atoms with Gasteiger partial charge in [-0.2, -0.15) is 5.26 Å². The Bertz CT molecular complexity index is 967. The highest BCUT2D eigenvalue weighted by molar-refractivity contribution is 7.91. The molecule has 2 rings (SSSR count). The summed E-state index contributed by atoms with van der Waals surface area (Å²) in [4.78, 5) is 12.7. The van der Waals surface area contributed by atoms with Crippen LogP contribution >= 0.6 is 0 Å². The molecule has 0 saturated carbocycles. The van der Waals surface area contributed by atoms with Gasteiger partial charge in [-0.25, -0.2) is 17.6 Å². The van der Waals surface area contributed by atoms with Gasteiger partial charge < -0.3 is 5.11 Å². The van der Waals surface area contributed by atoms with E-state index in [2.05, 4.69) is 0 Å². The van der Waals surface area contributed by atoms with E-state index in [1.54, 1.807) is 31.2 Å². The lowest BCUT2D eigenvalue weighted by molar-refractivity contribution is 0.199. The lowest BCUT2D eigenvalue weighted by Gasteiger charge is -2.29. The van der Waals surface area contributed by atoms with E-state index in [-0.39, 0.29) is 17.9 Å². The molecule has 2 atom stereocenters. The molecule has 6 nitrogen and oxygen atoms in total. The third-order valence-corrected chi connectivity index (χ3v) is 6.82. The molecule has 0 aliphatic carbocycles. The Labute approximate surface area is 163 Å². The Kier molecular flexibility index (Phi) is 6.75. The highest BCUT2D eigenvalue weighted by atomic mass is 32.2. The van der Waals surface area contributed by atoms with Crippen molar-refractivity contribution in [2.75, 3.05) is 10.7 Å². The average Bonchev–Trinajstić information content (AvgIpc) is 2.68. The smallest absolute Gasteiger partial charge is 0.412 e. The van der Waals surface area contributed by atoms with Gasteiger partial charge in [0.1, 0.15) is 5.82 Å². The molecule has 2 unspecified atom stereocenters. The molecule has 0 heterocycles. The summed E-state index contributed by atoms with van der Waals surface area (Å²) in [6.45, 7) is 3.23. The van der Waals surface area contributed by atoms with Gasteiger partial charge in [0, 0.05) is 5.69 Å². The van der Waals surface area contributed by atoms with E-state index in [1.807, 2.05) is 6.07 Å². The number of benzene rings is 2. The fourth-order valence-electron chi connectivity index (χ4n) is 2.90. The van der Waals surface area contributed by atoms with Crippen LogP contribution in [0.25, 0.3) is 0 Å². The van der Waals surface area contributed by atoms with Gasteiger partial charge in [0.2, 0.25) is 0 Å². The zero-order chi connectivity index (χ0) is 20.9. The number of hydrogen-bond donors (Lipinski definition) is 1. The van der Waals surface area contributed by atoms with E-state index in [0.717, 1.165) is 17.0 Å². The number of carboxylic acid groups (broad SMARTS) is 1. The Balaban J connectivity index is 2.30. The number of nitriles is 1. The molecule has 0 aliphatic rings. The van der Waals surface area contributed by atoms with E-state index in [1.165, 1.54) is 19.1 Å². The van der Waals surface area contributed by atoms with E-state index in [0.29, 0.717) is 11.1 Å². The molecule has 1 amide bonds. The third kappa shape index (κ3) is 4.87. The van der Waals surface area contributed by atoms with Crippen LogP contribution in [0.4, 0.5) is 14.9 Å². The number of halogens is 1. The minimum atomic E-state index is -3.70. The van der Waals surface area contributed by atoms with Gasteiger partial charge in [-0.15, -0.1) is 0 Å². The summed E-state index contributed by atoms with van der Waals surface area (Å²) in [5.41, 5.74) is 1.16. The van der Waals surface area contributed by atoms with Crippen molar-refractivity contribution in [3.8, 4) is 6.07 Å². The predicted molar refractivity (Wildman–Crippen MR) is 104 cm³/mol. The standard InChI is InChI=1S/C20H21FN2O4S/c1-3-18(23(20(24)25)19-10-8-17(21)9-11-19)13-28(26,27)14(2)16-6-4-15(12-22)5-7-16/h4-11,14,18H,3,13H2,1-2H3,(H,24,25). The molecule has 1 N–H and O–H groups in total. The molecule has 148 valence electrons. The minimum Gasteiger partial charge on any atom is -0.465 e. The molecule has 8 heteroatoms. The van der Waals surface area contributed by atoms with E-state index in [9.17, 15) is 22.7 Å². The maximum Gasteiger partial charge on any atom is 0.412 e. The Morgan fingerprint density at radius 2 is 1.75 bits per heavy atom. The van der Waals surface area contributed by atoms with Crippen molar-refractivity contribution in [2.45, 2.75) is 31.6 Å². The van der Waals surface area contributed by atoms with Crippen LogP contribution < -0.4 is 4.90 Å². The van der Waals surface area contributed by atoms with Crippen LogP contribution in [0.5, 0.6) is 0 Å². The third-order valence-electron chi connectivity index (χ3n) is 4.62. The van der Waals surface area contributed by atoms with Crippen molar-refractivity contribution in [1.29, 1.82) is 5.26 Å². The summed E-state index contributed by atoms with van der Waals surface area (Å²) < 4.78 is 39.0. The summed E-state index contributed by atoms with van der Waals surface area (Å²) in [6, 6.07) is 12.3. The number of carbonyl (C=O) groups is 1. The topological polar surface area (TPSA) is 98.5 Å². The number of amides is 1. The maximum atomic E-state index is 13.2. The van der Waals surface area contributed by atoms with Crippen LogP contribution in [0.1, 0.15) is 36.6 Å². The quantitative estimate of drug-likeness (QED) is 0.748. The number of nitrogens with zero attached hydrogens (tertiary/aromatic N) is 2. The SMILES string of the molecule is CCC(CS(=O)(=O)C(C)c1ccc(C#N)cc1)N(C(=O)O)c1ccc(F)cc1. The molecule has 0 aromatic heterocycles. The zero-order valence-corrected chi connectivity index (χ0v) is 16.4. The molecule has 0 aliphatic heterocycles. The van der Waals surface area contributed by atoms with Crippen LogP contribution in [-0.4, -0.2) is 31.4 Å². The summed E-state index contributed by atoms with van der Waals surface area (Å²) >= 11 is 0. The number of sulfone groups is 1. The second kappa shape index (κ2) is 8.85. The van der Waals surface area contributed by atoms with Gasteiger partial charge in [-0.3, -0.25) is 4.90 Å². The van der Waals surface area contributed by atoms with Gasteiger partial charge in [0.25, 0.3) is 0 Å². The number of rotatable bonds is 7. The first-order valence-electron chi connectivity index (χ1n) is 8.69. The first kappa shape index (κ1) is 21.4. The van der Waals surface area contributed by atoms with Gasteiger partial charge in [-0.05, 0) is 55.3 Å². The van der Waals surface area contributed by atoms with Crippen molar-refractivity contribution >= 4 is 21.6 Å². The van der Waals surface area contributed by atoms with Gasteiger partial charge in [0.05, 0.1) is 28.7 Å². The van der Waals surface area contributed by atoms with Crippen LogP contribution in [0, 0.1) is 17.1 Å². The summed E-state index contributed by atoms with van der Waals surface area (Å²) in [5, 5.41) is 17.6. The summed E-state index contributed by atoms with van der Waals surface area (Å²) in [7, 11) is -3.70. The summed E-state index contributed by atoms with van der Waals surface area (Å²) in [6.07, 6.45) is -1.04. The normalized spacial score (nSPS) is 13.4. The van der Waals surface area contributed by atoms with Crippen LogP contribution in [0.2, 0.25) is 0 Å². The molecule has 0 fully saturated rings. The molecule has 2 aromatic carbocycles. The molecule has 0 radical (unpaired) electrons. The van der Waals surface area contributed by atoms with E-state index >= 15 is 0 Å². The molecule has 2 aromatic rings. The Hall–Kier alpha value is -2.92. The highest BCUT2D eigenvalue weighted by Gasteiger charge is 2.32. The molecular formula is C20H21FN2O4S. The van der Waals surface area contributed by atoms with Crippen LogP contribution in [0.3, 0.4) is 0 Å². The van der Waals surface area contributed by atoms with Crippen molar-refractivity contribution in [3.63, 3.8) is 0 Å². The van der Waals surface area contributed by atoms with Gasteiger partial charge in [0.15, 0.2) is 9.84 Å². The Morgan fingerprint density at radius 1 is 1.18 bits per heavy atom. The first-order valence-corrected chi connectivity index (χ1v) is 10.4. The number of hydrogen-bond acceptors (Lipinski definition) is 4. The molecule has 0 saturated heterocycles. The fourth-order valence-corrected chi connectivity index (χ4v) is 4.68. The maximum absolute atomic E-state index is 13.2. The molecule has 28 heavy (non-hydrogen) atoms. The van der Waals surface area contributed by atoms with Crippen molar-refractivity contribution < 1.29 is 22.7 Å². The highest BCUT2D eigenvalue weighted by Crippen LogP contribution is 2.27. The zero-order valence-electron chi connectivity index (χ0n) is 15.5. The molecule has 0 spiro atoms. The lowest BCUT2D eigenvalue weighted by atomic mass is 10.1.